The minimum Gasteiger partial charge on any atom is -0.362 e. The molecule has 3 aromatic rings. The fraction of sp³-hybridized carbons (Fsp3) is 0.375. The Bertz CT molecular complexity index is 1210. The number of amides is 2. The zero-order valence-corrected chi connectivity index (χ0v) is 20.9. The molecular formula is C24H26BrF3N6O. The van der Waals surface area contributed by atoms with E-state index in [9.17, 15) is 18.0 Å². The lowest BCUT2D eigenvalue weighted by Crippen LogP contribution is -2.42. The second-order valence-corrected chi connectivity index (χ2v) is 9.68. The number of carbonyl (C=O) groups is 1. The van der Waals surface area contributed by atoms with Crippen LogP contribution in [0.2, 0.25) is 0 Å². The number of para-hydroxylation sites is 1. The van der Waals surface area contributed by atoms with Gasteiger partial charge in [0, 0.05) is 36.0 Å². The molecule has 0 saturated heterocycles. The number of alkyl halides is 3. The summed E-state index contributed by atoms with van der Waals surface area (Å²) in [7, 11) is 3.87. The van der Waals surface area contributed by atoms with Crippen LogP contribution in [0.1, 0.15) is 31.2 Å². The van der Waals surface area contributed by atoms with E-state index < -0.39 is 17.8 Å². The van der Waals surface area contributed by atoms with E-state index in [-0.39, 0.29) is 22.2 Å². The van der Waals surface area contributed by atoms with E-state index in [4.69, 9.17) is 0 Å². The van der Waals surface area contributed by atoms with Gasteiger partial charge < -0.3 is 20.9 Å². The van der Waals surface area contributed by atoms with Crippen molar-refractivity contribution in [1.82, 2.24) is 15.3 Å². The van der Waals surface area contributed by atoms with Gasteiger partial charge in [-0.1, -0.05) is 28.1 Å². The highest BCUT2D eigenvalue weighted by Gasteiger charge is 2.34. The minimum absolute atomic E-state index is 0.132. The Kier molecular flexibility index (Phi) is 7.34. The first-order valence-electron chi connectivity index (χ1n) is 11.2. The Morgan fingerprint density at radius 2 is 1.71 bits per heavy atom. The molecular weight excluding hydrogens is 525 g/mol. The first kappa shape index (κ1) is 25.0. The molecule has 1 fully saturated rings. The number of nitrogens with zero attached hydrogens (tertiary/aromatic N) is 3. The van der Waals surface area contributed by atoms with Gasteiger partial charge in [0.05, 0.1) is 16.8 Å². The number of anilines is 3. The van der Waals surface area contributed by atoms with Crippen molar-refractivity contribution >= 4 is 50.3 Å². The third kappa shape index (κ3) is 6.14. The van der Waals surface area contributed by atoms with E-state index in [1.807, 2.05) is 43.3 Å². The second-order valence-electron chi connectivity index (χ2n) is 8.76. The van der Waals surface area contributed by atoms with E-state index in [2.05, 4.69) is 41.8 Å². The van der Waals surface area contributed by atoms with Gasteiger partial charge in [0.2, 0.25) is 5.95 Å². The number of rotatable bonds is 5. The van der Waals surface area contributed by atoms with Crippen LogP contribution < -0.4 is 20.9 Å². The van der Waals surface area contributed by atoms with Crippen LogP contribution in [-0.2, 0) is 6.18 Å². The average Bonchev–Trinajstić information content (AvgIpc) is 2.80. The Hall–Kier alpha value is -3.08. The second kappa shape index (κ2) is 10.3. The molecule has 0 aliphatic heterocycles. The lowest BCUT2D eigenvalue weighted by Gasteiger charge is -2.30. The van der Waals surface area contributed by atoms with Crippen molar-refractivity contribution in [2.24, 2.45) is 0 Å². The molecule has 1 aliphatic carbocycles. The first-order chi connectivity index (χ1) is 16.6. The number of nitrogens with one attached hydrogen (secondary N) is 3. The number of urea groups is 1. The van der Waals surface area contributed by atoms with Gasteiger partial charge in [-0.2, -0.15) is 18.2 Å². The molecule has 1 saturated carbocycles. The molecule has 35 heavy (non-hydrogen) atoms. The van der Waals surface area contributed by atoms with Crippen LogP contribution in [0.4, 0.5) is 35.4 Å². The maximum absolute atomic E-state index is 13.3. The number of fused-ring (bicyclic) bond motifs is 1. The monoisotopic (exact) mass is 550 g/mol. The average molecular weight is 551 g/mol. The van der Waals surface area contributed by atoms with Gasteiger partial charge in [-0.15, -0.1) is 0 Å². The fourth-order valence-electron chi connectivity index (χ4n) is 4.23. The van der Waals surface area contributed by atoms with Crippen molar-refractivity contribution in [2.75, 3.05) is 29.6 Å². The standard InChI is InChI=1S/C24H26BrF3N6O/c1-34(2)21-17-5-3-4-6-19(17)31-22(33-21)29-15-8-10-16(11-9-15)30-23(35)32-20-12-7-14(25)13-18(20)24(26,27)28/h3-7,12-13,15-16H,8-11H2,1-2H3,(H,29,31,33)(H2,30,32,35)/t15-,16+. The van der Waals surface area contributed by atoms with Crippen molar-refractivity contribution in [2.45, 2.75) is 43.9 Å². The summed E-state index contributed by atoms with van der Waals surface area (Å²) in [5, 5.41) is 9.52. The van der Waals surface area contributed by atoms with Gasteiger partial charge in [0.25, 0.3) is 0 Å². The lowest BCUT2D eigenvalue weighted by atomic mass is 9.91. The van der Waals surface area contributed by atoms with Crippen molar-refractivity contribution in [3.63, 3.8) is 0 Å². The van der Waals surface area contributed by atoms with Crippen LogP contribution in [0.5, 0.6) is 0 Å². The fourth-order valence-corrected chi connectivity index (χ4v) is 4.59. The van der Waals surface area contributed by atoms with Crippen LogP contribution in [0.15, 0.2) is 46.9 Å². The molecule has 0 unspecified atom stereocenters. The molecule has 11 heteroatoms. The Balaban J connectivity index is 1.34. The highest BCUT2D eigenvalue weighted by Crippen LogP contribution is 2.36. The summed E-state index contributed by atoms with van der Waals surface area (Å²) >= 11 is 3.04. The number of benzene rings is 2. The zero-order valence-electron chi connectivity index (χ0n) is 19.3. The van der Waals surface area contributed by atoms with Crippen LogP contribution in [0.3, 0.4) is 0 Å². The number of hydrogen-bond donors (Lipinski definition) is 3. The topological polar surface area (TPSA) is 82.2 Å². The molecule has 7 nitrogen and oxygen atoms in total. The molecule has 1 aliphatic rings. The molecule has 0 radical (unpaired) electrons. The Morgan fingerprint density at radius 1 is 1.03 bits per heavy atom. The quantitative estimate of drug-likeness (QED) is 0.361. The molecule has 2 aromatic carbocycles. The number of carbonyl (C=O) groups excluding carboxylic acids is 1. The van der Waals surface area contributed by atoms with Crippen molar-refractivity contribution in [3.8, 4) is 0 Å². The van der Waals surface area contributed by atoms with Crippen LogP contribution in [0, 0.1) is 0 Å². The van der Waals surface area contributed by atoms with Crippen molar-refractivity contribution in [3.05, 3.63) is 52.5 Å². The highest BCUT2D eigenvalue weighted by molar-refractivity contribution is 9.10. The van der Waals surface area contributed by atoms with Crippen molar-refractivity contribution in [1.29, 1.82) is 0 Å². The third-order valence-corrected chi connectivity index (χ3v) is 6.43. The Morgan fingerprint density at radius 3 is 2.40 bits per heavy atom. The van der Waals surface area contributed by atoms with E-state index in [0.717, 1.165) is 35.6 Å². The first-order valence-corrected chi connectivity index (χ1v) is 12.0. The highest BCUT2D eigenvalue weighted by atomic mass is 79.9. The largest absolute Gasteiger partial charge is 0.418 e. The van der Waals surface area contributed by atoms with Gasteiger partial charge >= 0.3 is 12.2 Å². The van der Waals surface area contributed by atoms with E-state index in [1.165, 1.54) is 12.1 Å². The molecule has 1 heterocycles. The summed E-state index contributed by atoms with van der Waals surface area (Å²) in [4.78, 5) is 23.7. The van der Waals surface area contributed by atoms with Gasteiger partial charge in [0.1, 0.15) is 5.82 Å². The molecule has 0 spiro atoms. The smallest absolute Gasteiger partial charge is 0.362 e. The van der Waals surface area contributed by atoms with E-state index >= 15 is 0 Å². The summed E-state index contributed by atoms with van der Waals surface area (Å²) in [6.07, 6.45) is -1.67. The van der Waals surface area contributed by atoms with Crippen LogP contribution in [-0.4, -0.2) is 42.2 Å². The van der Waals surface area contributed by atoms with E-state index in [0.29, 0.717) is 18.8 Å². The summed E-state index contributed by atoms with van der Waals surface area (Å²) in [5.74, 6) is 1.38. The molecule has 0 atom stereocenters. The molecule has 186 valence electrons. The van der Waals surface area contributed by atoms with Gasteiger partial charge in [-0.05, 0) is 56.0 Å². The van der Waals surface area contributed by atoms with Crippen LogP contribution in [0.25, 0.3) is 10.9 Å². The molecule has 0 bridgehead atoms. The predicted octanol–water partition coefficient (Wildman–Crippen LogP) is 6.02. The maximum Gasteiger partial charge on any atom is 0.418 e. The summed E-state index contributed by atoms with van der Waals surface area (Å²) in [5.41, 5.74) is -0.326. The SMILES string of the molecule is CN(C)c1nc(N[C@H]2CC[C@@H](NC(=O)Nc3ccc(Br)cc3C(F)(F)F)CC2)nc2ccccc12. The minimum atomic E-state index is -4.58. The Labute approximate surface area is 209 Å². The number of halogens is 4. The number of aromatic nitrogens is 2. The van der Waals surface area contributed by atoms with Crippen LogP contribution >= 0.6 is 15.9 Å². The van der Waals surface area contributed by atoms with E-state index in [1.54, 1.807) is 0 Å². The molecule has 4 rings (SSSR count). The van der Waals surface area contributed by atoms with Gasteiger partial charge in [0.15, 0.2) is 0 Å². The zero-order chi connectivity index (χ0) is 25.2. The summed E-state index contributed by atoms with van der Waals surface area (Å²) < 4.78 is 40.2. The number of hydrogen-bond acceptors (Lipinski definition) is 5. The molecule has 3 N–H and O–H groups in total. The normalized spacial score (nSPS) is 18.2. The summed E-state index contributed by atoms with van der Waals surface area (Å²) in [6.45, 7) is 0. The molecule has 1 aromatic heterocycles. The predicted molar refractivity (Wildman–Crippen MR) is 135 cm³/mol. The van der Waals surface area contributed by atoms with Gasteiger partial charge in [-0.3, -0.25) is 0 Å². The van der Waals surface area contributed by atoms with Gasteiger partial charge in [-0.25, -0.2) is 9.78 Å². The summed E-state index contributed by atoms with van der Waals surface area (Å²) in [6, 6.07) is 10.8. The van der Waals surface area contributed by atoms with Crippen molar-refractivity contribution < 1.29 is 18.0 Å². The molecule has 2 amide bonds. The third-order valence-electron chi connectivity index (χ3n) is 5.94. The lowest BCUT2D eigenvalue weighted by molar-refractivity contribution is -0.136. The maximum atomic E-state index is 13.3.